The summed E-state index contributed by atoms with van der Waals surface area (Å²) in [5.74, 6) is 0.0701. The molecule has 0 radical (unpaired) electrons. The van der Waals surface area contributed by atoms with Gasteiger partial charge >= 0.3 is 0 Å². The van der Waals surface area contributed by atoms with Crippen LogP contribution >= 0.6 is 11.6 Å². The van der Waals surface area contributed by atoms with Gasteiger partial charge in [0, 0.05) is 41.8 Å². The molecule has 0 saturated carbocycles. The molecule has 1 amide bonds. The van der Waals surface area contributed by atoms with Crippen molar-refractivity contribution in [2.24, 2.45) is 0 Å². The van der Waals surface area contributed by atoms with Crippen LogP contribution in [-0.2, 0) is 4.79 Å². The average molecular weight is 292 g/mol. The summed E-state index contributed by atoms with van der Waals surface area (Å²) < 4.78 is 0. The van der Waals surface area contributed by atoms with E-state index in [2.05, 4.69) is 15.6 Å². The van der Waals surface area contributed by atoms with Crippen LogP contribution in [0.2, 0.25) is 5.02 Å². The van der Waals surface area contributed by atoms with Crippen LogP contribution in [0.3, 0.4) is 0 Å². The van der Waals surface area contributed by atoms with Gasteiger partial charge in [-0.2, -0.15) is 0 Å². The molecule has 5 heteroatoms. The lowest BCUT2D eigenvalue weighted by Gasteiger charge is -2.09. The van der Waals surface area contributed by atoms with Gasteiger partial charge in [0.2, 0.25) is 5.91 Å². The molecule has 0 bridgehead atoms. The molecular formula is C15H18ClN3O. The molecule has 0 aliphatic rings. The molecule has 0 aliphatic carbocycles. The number of amides is 1. The molecule has 0 unspecified atom stereocenters. The van der Waals surface area contributed by atoms with Gasteiger partial charge in [0.1, 0.15) is 0 Å². The maximum Gasteiger partial charge on any atom is 0.221 e. The van der Waals surface area contributed by atoms with E-state index in [-0.39, 0.29) is 5.91 Å². The van der Waals surface area contributed by atoms with Crippen molar-refractivity contribution in [1.82, 2.24) is 10.3 Å². The van der Waals surface area contributed by atoms with Gasteiger partial charge < -0.3 is 10.6 Å². The summed E-state index contributed by atoms with van der Waals surface area (Å²) in [5, 5.41) is 7.80. The van der Waals surface area contributed by atoms with Crippen LogP contribution in [0.25, 0.3) is 10.9 Å². The Labute approximate surface area is 123 Å². The van der Waals surface area contributed by atoms with Crippen molar-refractivity contribution in [3.63, 3.8) is 0 Å². The molecule has 0 atom stereocenters. The molecule has 1 aromatic heterocycles. The van der Waals surface area contributed by atoms with Gasteiger partial charge in [0.15, 0.2) is 0 Å². The fraction of sp³-hybridized carbons (Fsp3) is 0.333. The largest absolute Gasteiger partial charge is 0.384 e. The van der Waals surface area contributed by atoms with Gasteiger partial charge in [-0.15, -0.1) is 0 Å². The predicted molar refractivity (Wildman–Crippen MR) is 83.2 cm³/mol. The number of pyridine rings is 1. The summed E-state index contributed by atoms with van der Waals surface area (Å²) in [6.45, 7) is 3.36. The lowest BCUT2D eigenvalue weighted by molar-refractivity contribution is -0.120. The summed E-state index contributed by atoms with van der Waals surface area (Å²) in [5.41, 5.74) is 1.81. The minimum Gasteiger partial charge on any atom is -0.384 e. The number of fused-ring (bicyclic) bond motifs is 1. The number of aromatic nitrogens is 1. The lowest BCUT2D eigenvalue weighted by atomic mass is 10.2. The molecule has 2 rings (SSSR count). The van der Waals surface area contributed by atoms with Gasteiger partial charge in [-0.1, -0.05) is 18.5 Å². The second-order valence-electron chi connectivity index (χ2n) is 4.55. The van der Waals surface area contributed by atoms with Crippen LogP contribution in [0.1, 0.15) is 19.8 Å². The summed E-state index contributed by atoms with van der Waals surface area (Å²) in [4.78, 5) is 15.8. The predicted octanol–water partition coefficient (Wildman–Crippen LogP) is 3.22. The van der Waals surface area contributed by atoms with Gasteiger partial charge in [0.25, 0.3) is 0 Å². The minimum absolute atomic E-state index is 0.0701. The SMILES string of the molecule is CCCNC(=O)CCNc1ccnc2cc(Cl)ccc12. The molecule has 1 aromatic carbocycles. The first-order chi connectivity index (χ1) is 9.70. The highest BCUT2D eigenvalue weighted by Gasteiger charge is 2.04. The van der Waals surface area contributed by atoms with E-state index in [0.29, 0.717) is 18.0 Å². The highest BCUT2D eigenvalue weighted by Crippen LogP contribution is 2.24. The average Bonchev–Trinajstić information content (AvgIpc) is 2.45. The van der Waals surface area contributed by atoms with Gasteiger partial charge in [-0.25, -0.2) is 0 Å². The van der Waals surface area contributed by atoms with E-state index in [1.165, 1.54) is 0 Å². The summed E-state index contributed by atoms with van der Waals surface area (Å²) >= 11 is 5.95. The number of carbonyl (C=O) groups excluding carboxylic acids is 1. The minimum atomic E-state index is 0.0701. The topological polar surface area (TPSA) is 54.0 Å². The zero-order chi connectivity index (χ0) is 14.4. The standard InChI is InChI=1S/C15H18ClN3O/c1-2-7-19-15(20)6-9-17-13-5-8-18-14-10-11(16)3-4-12(13)14/h3-5,8,10H,2,6-7,9H2,1H3,(H,17,18)(H,19,20). The summed E-state index contributed by atoms with van der Waals surface area (Å²) in [6.07, 6.45) is 3.14. The van der Waals surface area contributed by atoms with Gasteiger partial charge in [0.05, 0.1) is 5.52 Å². The Bertz CT molecular complexity index is 601. The van der Waals surface area contributed by atoms with Crippen LogP contribution in [0.5, 0.6) is 0 Å². The van der Waals surface area contributed by atoms with E-state index in [0.717, 1.165) is 29.6 Å². The number of rotatable bonds is 6. The quantitative estimate of drug-likeness (QED) is 0.859. The highest BCUT2D eigenvalue weighted by atomic mass is 35.5. The van der Waals surface area contributed by atoms with E-state index in [1.54, 1.807) is 6.20 Å². The number of nitrogens with one attached hydrogen (secondary N) is 2. The number of nitrogens with zero attached hydrogens (tertiary/aromatic N) is 1. The molecule has 0 aliphatic heterocycles. The molecule has 20 heavy (non-hydrogen) atoms. The summed E-state index contributed by atoms with van der Waals surface area (Å²) in [6, 6.07) is 7.51. The number of anilines is 1. The third kappa shape index (κ3) is 3.84. The Balaban J connectivity index is 1.98. The smallest absolute Gasteiger partial charge is 0.221 e. The first-order valence-electron chi connectivity index (χ1n) is 6.75. The third-order valence-electron chi connectivity index (χ3n) is 2.94. The Morgan fingerprint density at radius 3 is 2.95 bits per heavy atom. The molecule has 0 saturated heterocycles. The van der Waals surface area contributed by atoms with Crippen molar-refractivity contribution < 1.29 is 4.79 Å². The number of halogens is 1. The van der Waals surface area contributed by atoms with Crippen LogP contribution in [0, 0.1) is 0 Å². The van der Waals surface area contributed by atoms with Crippen molar-refractivity contribution in [2.45, 2.75) is 19.8 Å². The highest BCUT2D eigenvalue weighted by molar-refractivity contribution is 6.31. The van der Waals surface area contributed by atoms with Crippen LogP contribution in [0.4, 0.5) is 5.69 Å². The number of carbonyl (C=O) groups is 1. The second-order valence-corrected chi connectivity index (χ2v) is 4.98. The Hall–Kier alpha value is -1.81. The number of hydrogen-bond donors (Lipinski definition) is 2. The number of benzene rings is 1. The first-order valence-corrected chi connectivity index (χ1v) is 7.13. The van der Waals surface area contributed by atoms with Crippen molar-refractivity contribution in [2.75, 3.05) is 18.4 Å². The molecule has 2 aromatic rings. The van der Waals surface area contributed by atoms with E-state index in [4.69, 9.17) is 11.6 Å². The van der Waals surface area contributed by atoms with E-state index < -0.39 is 0 Å². The van der Waals surface area contributed by atoms with Crippen molar-refractivity contribution in [1.29, 1.82) is 0 Å². The van der Waals surface area contributed by atoms with E-state index in [1.807, 2.05) is 31.2 Å². The normalized spacial score (nSPS) is 10.5. The fourth-order valence-corrected chi connectivity index (χ4v) is 2.11. The van der Waals surface area contributed by atoms with Crippen LogP contribution in [-0.4, -0.2) is 24.0 Å². The monoisotopic (exact) mass is 291 g/mol. The van der Waals surface area contributed by atoms with E-state index >= 15 is 0 Å². The molecule has 4 nitrogen and oxygen atoms in total. The number of hydrogen-bond acceptors (Lipinski definition) is 3. The zero-order valence-corrected chi connectivity index (χ0v) is 12.2. The van der Waals surface area contributed by atoms with Gasteiger partial charge in [-0.3, -0.25) is 9.78 Å². The van der Waals surface area contributed by atoms with Crippen molar-refractivity contribution in [3.05, 3.63) is 35.5 Å². The first kappa shape index (κ1) is 14.6. The molecular weight excluding hydrogens is 274 g/mol. The maximum atomic E-state index is 11.5. The fourth-order valence-electron chi connectivity index (χ4n) is 1.94. The van der Waals surface area contributed by atoms with Gasteiger partial charge in [-0.05, 0) is 30.7 Å². The van der Waals surface area contributed by atoms with Crippen molar-refractivity contribution >= 4 is 34.1 Å². The molecule has 0 spiro atoms. The lowest BCUT2D eigenvalue weighted by Crippen LogP contribution is -2.25. The second kappa shape index (κ2) is 7.10. The van der Waals surface area contributed by atoms with Crippen LogP contribution in [0.15, 0.2) is 30.5 Å². The third-order valence-corrected chi connectivity index (χ3v) is 3.18. The molecule has 1 heterocycles. The van der Waals surface area contributed by atoms with Crippen LogP contribution < -0.4 is 10.6 Å². The molecule has 2 N–H and O–H groups in total. The molecule has 0 fully saturated rings. The van der Waals surface area contributed by atoms with E-state index in [9.17, 15) is 4.79 Å². The Morgan fingerprint density at radius 1 is 1.30 bits per heavy atom. The maximum absolute atomic E-state index is 11.5. The Morgan fingerprint density at radius 2 is 2.15 bits per heavy atom. The zero-order valence-electron chi connectivity index (χ0n) is 11.4. The van der Waals surface area contributed by atoms with Crippen molar-refractivity contribution in [3.8, 4) is 0 Å². The molecule has 106 valence electrons. The Kier molecular flexibility index (Phi) is 5.18. The summed E-state index contributed by atoms with van der Waals surface area (Å²) in [7, 11) is 0.